The second-order valence-corrected chi connectivity index (χ2v) is 3.23. The molecule has 0 aromatic rings. The van der Waals surface area contributed by atoms with Gasteiger partial charge in [-0.05, 0) is 25.2 Å². The lowest BCUT2D eigenvalue weighted by Crippen LogP contribution is -2.03. The third-order valence-corrected chi connectivity index (χ3v) is 2.33. The summed E-state index contributed by atoms with van der Waals surface area (Å²) in [6.07, 6.45) is 4.57. The van der Waals surface area contributed by atoms with Crippen LogP contribution in [0.2, 0.25) is 0 Å². The highest BCUT2D eigenvalue weighted by atomic mass is 16.1. The van der Waals surface area contributed by atoms with Gasteiger partial charge in [0.2, 0.25) is 0 Å². The van der Waals surface area contributed by atoms with Crippen molar-refractivity contribution in [2.24, 2.45) is 5.41 Å². The maximum absolute atomic E-state index is 10.7. The molecule has 1 aliphatic carbocycles. The van der Waals surface area contributed by atoms with Gasteiger partial charge in [-0.3, -0.25) is 0 Å². The summed E-state index contributed by atoms with van der Waals surface area (Å²) >= 11 is 0. The first-order valence-electron chi connectivity index (χ1n) is 3.68. The predicted molar refractivity (Wildman–Crippen MR) is 37.3 cm³/mol. The van der Waals surface area contributed by atoms with Crippen LogP contribution in [0.4, 0.5) is 0 Å². The molecule has 0 unspecified atom stereocenters. The largest absolute Gasteiger partial charge is 0.300 e. The molecule has 0 N–H and O–H groups in total. The molecule has 0 aromatic heterocycles. The average molecular weight is 126 g/mol. The summed E-state index contributed by atoms with van der Waals surface area (Å²) < 4.78 is 0. The molecule has 0 aliphatic heterocycles. The quantitative estimate of drug-likeness (QED) is 0.566. The van der Waals surface area contributed by atoms with Crippen LogP contribution in [0.1, 0.15) is 39.5 Å². The Morgan fingerprint density at radius 3 is 2.22 bits per heavy atom. The van der Waals surface area contributed by atoms with Gasteiger partial charge in [-0.25, -0.2) is 0 Å². The molecular weight excluding hydrogens is 112 g/mol. The molecule has 52 valence electrons. The Kier molecular flexibility index (Phi) is 1.60. The SMILES string of the molecule is CCC1(CC(C)=O)CC1. The Morgan fingerprint density at radius 1 is 1.56 bits per heavy atom. The van der Waals surface area contributed by atoms with Crippen LogP contribution in [0.25, 0.3) is 0 Å². The number of hydrogen-bond acceptors (Lipinski definition) is 1. The highest BCUT2D eigenvalue weighted by molar-refractivity contribution is 5.76. The normalized spacial score (nSPS) is 21.6. The Bertz CT molecular complexity index is 123. The maximum atomic E-state index is 10.7. The monoisotopic (exact) mass is 126 g/mol. The molecule has 1 heteroatoms. The lowest BCUT2D eigenvalue weighted by molar-refractivity contribution is -0.118. The molecule has 0 heterocycles. The van der Waals surface area contributed by atoms with E-state index in [1.54, 1.807) is 6.92 Å². The maximum Gasteiger partial charge on any atom is 0.130 e. The lowest BCUT2D eigenvalue weighted by atomic mass is 9.97. The van der Waals surface area contributed by atoms with Gasteiger partial charge in [0.15, 0.2) is 0 Å². The summed E-state index contributed by atoms with van der Waals surface area (Å²) in [5, 5.41) is 0. The smallest absolute Gasteiger partial charge is 0.130 e. The molecule has 1 nitrogen and oxygen atoms in total. The van der Waals surface area contributed by atoms with E-state index in [4.69, 9.17) is 0 Å². The van der Waals surface area contributed by atoms with E-state index in [1.165, 1.54) is 19.3 Å². The number of carbonyl (C=O) groups excluding carboxylic acids is 1. The Morgan fingerprint density at radius 2 is 2.11 bits per heavy atom. The van der Waals surface area contributed by atoms with Crippen LogP contribution < -0.4 is 0 Å². The average Bonchev–Trinajstić information content (AvgIpc) is 2.48. The zero-order valence-electron chi connectivity index (χ0n) is 6.24. The molecule has 1 rings (SSSR count). The minimum atomic E-state index is 0.356. The molecular formula is C8H14O. The molecule has 1 fully saturated rings. The van der Waals surface area contributed by atoms with Crippen molar-refractivity contribution in [1.29, 1.82) is 0 Å². The highest BCUT2D eigenvalue weighted by Gasteiger charge is 2.41. The van der Waals surface area contributed by atoms with Gasteiger partial charge in [0, 0.05) is 6.42 Å². The number of rotatable bonds is 3. The minimum Gasteiger partial charge on any atom is -0.300 e. The molecule has 0 atom stereocenters. The number of hydrogen-bond donors (Lipinski definition) is 0. The van der Waals surface area contributed by atoms with E-state index in [1.807, 2.05) is 0 Å². The summed E-state index contributed by atoms with van der Waals surface area (Å²) in [6, 6.07) is 0. The van der Waals surface area contributed by atoms with Gasteiger partial charge in [0.05, 0.1) is 0 Å². The molecule has 9 heavy (non-hydrogen) atoms. The molecule has 1 saturated carbocycles. The molecule has 0 aromatic carbocycles. The molecule has 0 spiro atoms. The van der Waals surface area contributed by atoms with E-state index >= 15 is 0 Å². The van der Waals surface area contributed by atoms with Crippen LogP contribution in [-0.2, 0) is 4.79 Å². The summed E-state index contributed by atoms with van der Waals surface area (Å²) in [6.45, 7) is 3.87. The first-order valence-corrected chi connectivity index (χ1v) is 3.68. The van der Waals surface area contributed by atoms with E-state index in [9.17, 15) is 4.79 Å². The minimum absolute atomic E-state index is 0.356. The van der Waals surface area contributed by atoms with Crippen molar-refractivity contribution in [2.45, 2.75) is 39.5 Å². The molecule has 1 aliphatic rings. The van der Waals surface area contributed by atoms with Gasteiger partial charge in [0.25, 0.3) is 0 Å². The molecule has 0 bridgehead atoms. The lowest BCUT2D eigenvalue weighted by Gasteiger charge is -2.07. The van der Waals surface area contributed by atoms with Crippen LogP contribution in [0.5, 0.6) is 0 Å². The predicted octanol–water partition coefficient (Wildman–Crippen LogP) is 2.16. The van der Waals surface area contributed by atoms with E-state index in [0.717, 1.165) is 6.42 Å². The fourth-order valence-electron chi connectivity index (χ4n) is 1.36. The first-order chi connectivity index (χ1) is 4.18. The Hall–Kier alpha value is -0.330. The van der Waals surface area contributed by atoms with Crippen LogP contribution in [-0.4, -0.2) is 5.78 Å². The van der Waals surface area contributed by atoms with Gasteiger partial charge in [-0.1, -0.05) is 13.3 Å². The summed E-state index contributed by atoms with van der Waals surface area (Å²) in [5.74, 6) is 0.356. The van der Waals surface area contributed by atoms with Crippen LogP contribution >= 0.6 is 0 Å². The molecule has 0 radical (unpaired) electrons. The topological polar surface area (TPSA) is 17.1 Å². The van der Waals surface area contributed by atoms with E-state index < -0.39 is 0 Å². The third-order valence-electron chi connectivity index (χ3n) is 2.33. The van der Waals surface area contributed by atoms with Gasteiger partial charge >= 0.3 is 0 Å². The summed E-state index contributed by atoms with van der Waals surface area (Å²) in [7, 11) is 0. The fraction of sp³-hybridized carbons (Fsp3) is 0.875. The van der Waals surface area contributed by atoms with Crippen molar-refractivity contribution in [3.8, 4) is 0 Å². The molecule has 0 saturated heterocycles. The van der Waals surface area contributed by atoms with Crippen molar-refractivity contribution in [2.75, 3.05) is 0 Å². The number of Topliss-reactive ketones (excluding diaryl/α,β-unsaturated/α-hetero) is 1. The Labute approximate surface area is 56.4 Å². The number of ketones is 1. The third kappa shape index (κ3) is 1.54. The van der Waals surface area contributed by atoms with Gasteiger partial charge < -0.3 is 4.79 Å². The van der Waals surface area contributed by atoms with Crippen molar-refractivity contribution < 1.29 is 4.79 Å². The van der Waals surface area contributed by atoms with E-state index in [0.29, 0.717) is 11.2 Å². The second-order valence-electron chi connectivity index (χ2n) is 3.23. The Balaban J connectivity index is 2.33. The molecule has 0 amide bonds. The highest BCUT2D eigenvalue weighted by Crippen LogP contribution is 2.51. The van der Waals surface area contributed by atoms with Crippen molar-refractivity contribution in [3.05, 3.63) is 0 Å². The van der Waals surface area contributed by atoms with E-state index in [-0.39, 0.29) is 0 Å². The van der Waals surface area contributed by atoms with Crippen molar-refractivity contribution in [3.63, 3.8) is 0 Å². The van der Waals surface area contributed by atoms with Crippen molar-refractivity contribution in [1.82, 2.24) is 0 Å². The van der Waals surface area contributed by atoms with Crippen LogP contribution in [0.3, 0.4) is 0 Å². The van der Waals surface area contributed by atoms with Crippen molar-refractivity contribution >= 4 is 5.78 Å². The fourth-order valence-corrected chi connectivity index (χ4v) is 1.36. The van der Waals surface area contributed by atoms with Crippen LogP contribution in [0, 0.1) is 5.41 Å². The summed E-state index contributed by atoms with van der Waals surface area (Å²) in [4.78, 5) is 10.7. The number of carbonyl (C=O) groups is 1. The van der Waals surface area contributed by atoms with Crippen LogP contribution in [0.15, 0.2) is 0 Å². The zero-order chi connectivity index (χ0) is 6.91. The zero-order valence-corrected chi connectivity index (χ0v) is 6.24. The van der Waals surface area contributed by atoms with Gasteiger partial charge in [0.1, 0.15) is 5.78 Å². The standard InChI is InChI=1S/C8H14O/c1-3-8(4-5-8)6-7(2)9/h3-6H2,1-2H3. The van der Waals surface area contributed by atoms with Gasteiger partial charge in [-0.2, -0.15) is 0 Å². The van der Waals surface area contributed by atoms with E-state index in [2.05, 4.69) is 6.92 Å². The van der Waals surface area contributed by atoms with Gasteiger partial charge in [-0.15, -0.1) is 0 Å². The first kappa shape index (κ1) is 6.79. The second kappa shape index (κ2) is 2.13. The summed E-state index contributed by atoms with van der Waals surface area (Å²) in [5.41, 5.74) is 0.464.